The third kappa shape index (κ3) is 2.96. The van der Waals surface area contributed by atoms with E-state index in [0.29, 0.717) is 6.04 Å². The van der Waals surface area contributed by atoms with E-state index < -0.39 is 0 Å². The van der Waals surface area contributed by atoms with Gasteiger partial charge in [-0.05, 0) is 37.3 Å². The standard InChI is InChI=1S/C16H25NO2/c1-5-12-7-6-8-13(12)17-14-10-16(19-4)15(18-3)9-11(14)2/h9-10,12-13,17H,5-8H2,1-4H3. The Morgan fingerprint density at radius 2 is 1.84 bits per heavy atom. The van der Waals surface area contributed by atoms with Crippen molar-refractivity contribution in [2.75, 3.05) is 19.5 Å². The van der Waals surface area contributed by atoms with Gasteiger partial charge in [-0.1, -0.05) is 19.8 Å². The molecule has 3 heteroatoms. The van der Waals surface area contributed by atoms with Crippen molar-refractivity contribution < 1.29 is 9.47 Å². The molecule has 1 aromatic rings. The molecule has 1 aliphatic carbocycles. The number of hydrogen-bond acceptors (Lipinski definition) is 3. The molecule has 3 nitrogen and oxygen atoms in total. The number of ether oxygens (including phenoxy) is 2. The number of nitrogens with one attached hydrogen (secondary N) is 1. The highest BCUT2D eigenvalue weighted by atomic mass is 16.5. The fourth-order valence-electron chi connectivity index (χ4n) is 3.05. The second-order valence-corrected chi connectivity index (χ2v) is 5.37. The summed E-state index contributed by atoms with van der Waals surface area (Å²) >= 11 is 0. The molecule has 0 amide bonds. The zero-order valence-corrected chi connectivity index (χ0v) is 12.5. The van der Waals surface area contributed by atoms with Crippen LogP contribution in [0.1, 0.15) is 38.2 Å². The molecule has 1 aliphatic rings. The summed E-state index contributed by atoms with van der Waals surface area (Å²) < 4.78 is 10.7. The van der Waals surface area contributed by atoms with Crippen LogP contribution < -0.4 is 14.8 Å². The molecule has 0 bridgehead atoms. The molecule has 1 fully saturated rings. The van der Waals surface area contributed by atoms with Gasteiger partial charge in [0.15, 0.2) is 11.5 Å². The third-order valence-electron chi connectivity index (χ3n) is 4.25. The van der Waals surface area contributed by atoms with Crippen LogP contribution in [0.2, 0.25) is 0 Å². The van der Waals surface area contributed by atoms with Crippen molar-refractivity contribution in [3.8, 4) is 11.5 Å². The SMILES string of the molecule is CCC1CCCC1Nc1cc(OC)c(OC)cc1C. The Kier molecular flexibility index (Phi) is 4.56. The summed E-state index contributed by atoms with van der Waals surface area (Å²) in [6.45, 7) is 4.40. The maximum absolute atomic E-state index is 5.38. The molecule has 0 aromatic heterocycles. The molecule has 0 saturated heterocycles. The van der Waals surface area contributed by atoms with E-state index in [2.05, 4.69) is 25.2 Å². The highest BCUT2D eigenvalue weighted by Gasteiger charge is 2.26. The van der Waals surface area contributed by atoms with Crippen molar-refractivity contribution in [3.05, 3.63) is 17.7 Å². The molecule has 1 N–H and O–H groups in total. The second kappa shape index (κ2) is 6.18. The van der Waals surface area contributed by atoms with Crippen molar-refractivity contribution in [2.45, 2.75) is 45.6 Å². The van der Waals surface area contributed by atoms with Gasteiger partial charge in [0, 0.05) is 17.8 Å². The van der Waals surface area contributed by atoms with Crippen molar-refractivity contribution in [1.29, 1.82) is 0 Å². The number of hydrogen-bond donors (Lipinski definition) is 1. The molecule has 0 radical (unpaired) electrons. The zero-order valence-electron chi connectivity index (χ0n) is 12.5. The van der Waals surface area contributed by atoms with Gasteiger partial charge in [0.2, 0.25) is 0 Å². The van der Waals surface area contributed by atoms with E-state index in [0.717, 1.165) is 17.4 Å². The maximum atomic E-state index is 5.38. The van der Waals surface area contributed by atoms with Crippen LogP contribution in [-0.2, 0) is 0 Å². The van der Waals surface area contributed by atoms with E-state index in [4.69, 9.17) is 9.47 Å². The minimum absolute atomic E-state index is 0.599. The van der Waals surface area contributed by atoms with Gasteiger partial charge in [-0.3, -0.25) is 0 Å². The van der Waals surface area contributed by atoms with Crippen LogP contribution in [0.15, 0.2) is 12.1 Å². The summed E-state index contributed by atoms with van der Waals surface area (Å²) in [5, 5.41) is 3.70. The molecule has 2 rings (SSSR count). The predicted molar refractivity (Wildman–Crippen MR) is 79.3 cm³/mol. The van der Waals surface area contributed by atoms with Gasteiger partial charge < -0.3 is 14.8 Å². The lowest BCUT2D eigenvalue weighted by molar-refractivity contribution is 0.355. The van der Waals surface area contributed by atoms with Gasteiger partial charge in [-0.25, -0.2) is 0 Å². The molecule has 2 atom stereocenters. The first-order chi connectivity index (χ1) is 9.19. The lowest BCUT2D eigenvalue weighted by Gasteiger charge is -2.23. The molecular weight excluding hydrogens is 238 g/mol. The quantitative estimate of drug-likeness (QED) is 0.871. The van der Waals surface area contributed by atoms with Crippen molar-refractivity contribution >= 4 is 5.69 Å². The number of methoxy groups -OCH3 is 2. The Bertz CT molecular complexity index is 431. The van der Waals surface area contributed by atoms with Gasteiger partial charge in [0.1, 0.15) is 0 Å². The molecule has 2 unspecified atom stereocenters. The van der Waals surface area contributed by atoms with E-state index >= 15 is 0 Å². The van der Waals surface area contributed by atoms with Gasteiger partial charge in [0.25, 0.3) is 0 Å². The van der Waals surface area contributed by atoms with Crippen LogP contribution in [0.4, 0.5) is 5.69 Å². The minimum atomic E-state index is 0.599. The van der Waals surface area contributed by atoms with E-state index in [-0.39, 0.29) is 0 Å². The van der Waals surface area contributed by atoms with Crippen LogP contribution in [0.5, 0.6) is 11.5 Å². The number of rotatable bonds is 5. The molecular formula is C16H25NO2. The summed E-state index contributed by atoms with van der Waals surface area (Å²) in [6.07, 6.45) is 5.21. The summed E-state index contributed by atoms with van der Waals surface area (Å²) in [6, 6.07) is 4.69. The van der Waals surface area contributed by atoms with Crippen molar-refractivity contribution in [3.63, 3.8) is 0 Å². The molecule has 0 spiro atoms. The van der Waals surface area contributed by atoms with E-state index in [9.17, 15) is 0 Å². The minimum Gasteiger partial charge on any atom is -0.493 e. The zero-order chi connectivity index (χ0) is 13.8. The van der Waals surface area contributed by atoms with Crippen LogP contribution >= 0.6 is 0 Å². The Morgan fingerprint density at radius 3 is 2.47 bits per heavy atom. The fourth-order valence-corrected chi connectivity index (χ4v) is 3.05. The Labute approximate surface area is 116 Å². The highest BCUT2D eigenvalue weighted by molar-refractivity contribution is 5.60. The van der Waals surface area contributed by atoms with Gasteiger partial charge in [-0.15, -0.1) is 0 Å². The first-order valence-corrected chi connectivity index (χ1v) is 7.18. The average molecular weight is 263 g/mol. The molecule has 0 heterocycles. The lowest BCUT2D eigenvalue weighted by Crippen LogP contribution is -2.23. The van der Waals surface area contributed by atoms with Crippen LogP contribution in [0, 0.1) is 12.8 Å². The van der Waals surface area contributed by atoms with E-state index in [1.807, 2.05) is 6.07 Å². The number of aryl methyl sites for hydroxylation is 1. The van der Waals surface area contributed by atoms with Crippen molar-refractivity contribution in [1.82, 2.24) is 0 Å². The normalized spacial score (nSPS) is 22.3. The smallest absolute Gasteiger partial charge is 0.162 e. The number of anilines is 1. The van der Waals surface area contributed by atoms with Crippen LogP contribution in [-0.4, -0.2) is 20.3 Å². The molecule has 1 aromatic carbocycles. The maximum Gasteiger partial charge on any atom is 0.162 e. The predicted octanol–water partition coefficient (Wildman–Crippen LogP) is 4.00. The van der Waals surface area contributed by atoms with Crippen LogP contribution in [0.3, 0.4) is 0 Å². The first kappa shape index (κ1) is 14.0. The van der Waals surface area contributed by atoms with E-state index in [1.54, 1.807) is 14.2 Å². The Morgan fingerprint density at radius 1 is 1.16 bits per heavy atom. The Balaban J connectivity index is 2.20. The van der Waals surface area contributed by atoms with Gasteiger partial charge in [-0.2, -0.15) is 0 Å². The Hall–Kier alpha value is -1.38. The monoisotopic (exact) mass is 263 g/mol. The summed E-state index contributed by atoms with van der Waals surface area (Å²) in [7, 11) is 3.36. The molecule has 0 aliphatic heterocycles. The highest BCUT2D eigenvalue weighted by Crippen LogP contribution is 2.36. The first-order valence-electron chi connectivity index (χ1n) is 7.18. The van der Waals surface area contributed by atoms with Crippen molar-refractivity contribution in [2.24, 2.45) is 5.92 Å². The van der Waals surface area contributed by atoms with Crippen LogP contribution in [0.25, 0.3) is 0 Å². The summed E-state index contributed by atoms with van der Waals surface area (Å²) in [5.74, 6) is 2.39. The lowest BCUT2D eigenvalue weighted by atomic mass is 10.00. The number of benzene rings is 1. The average Bonchev–Trinajstić information content (AvgIpc) is 2.87. The largest absolute Gasteiger partial charge is 0.493 e. The van der Waals surface area contributed by atoms with Gasteiger partial charge in [0.05, 0.1) is 14.2 Å². The van der Waals surface area contributed by atoms with E-state index in [1.165, 1.54) is 36.9 Å². The molecule has 106 valence electrons. The topological polar surface area (TPSA) is 30.5 Å². The summed E-state index contributed by atoms with van der Waals surface area (Å²) in [4.78, 5) is 0. The summed E-state index contributed by atoms with van der Waals surface area (Å²) in [5.41, 5.74) is 2.38. The van der Waals surface area contributed by atoms with Gasteiger partial charge >= 0.3 is 0 Å². The third-order valence-corrected chi connectivity index (χ3v) is 4.25. The second-order valence-electron chi connectivity index (χ2n) is 5.37. The molecule has 19 heavy (non-hydrogen) atoms. The molecule has 1 saturated carbocycles. The fraction of sp³-hybridized carbons (Fsp3) is 0.625.